The molecule has 2 nitrogen and oxygen atoms in total. The van der Waals surface area contributed by atoms with Crippen LogP contribution in [0.4, 0.5) is 0 Å². The highest BCUT2D eigenvalue weighted by molar-refractivity contribution is 9.11. The third kappa shape index (κ3) is 4.36. The molecule has 0 aliphatic rings. The number of nitrogens with zero attached hydrogens (tertiary/aromatic N) is 1. The van der Waals surface area contributed by atoms with Crippen molar-refractivity contribution in [1.82, 2.24) is 10.3 Å². The van der Waals surface area contributed by atoms with E-state index in [1.165, 1.54) is 8.66 Å². The molecule has 0 amide bonds. The lowest BCUT2D eigenvalue weighted by Gasteiger charge is -2.18. The Morgan fingerprint density at radius 1 is 1.32 bits per heavy atom. The Labute approximate surface area is 142 Å². The Kier molecular flexibility index (Phi) is 6.02. The number of halogens is 3. The molecule has 0 aromatic carbocycles. The topological polar surface area (TPSA) is 24.9 Å². The first-order chi connectivity index (χ1) is 9.10. The standard InChI is InChI=1S/C13H13Br3N2S/c1-2-17-11(6-9-3-4-12(16)19-9)13-10(15)5-8(14)7-18-13/h3-5,7,11,17H,2,6H2,1H3. The minimum Gasteiger partial charge on any atom is -0.309 e. The van der Waals surface area contributed by atoms with Crippen LogP contribution < -0.4 is 5.32 Å². The van der Waals surface area contributed by atoms with Gasteiger partial charge in [-0.05, 0) is 72.5 Å². The van der Waals surface area contributed by atoms with Crippen LogP contribution in [-0.2, 0) is 6.42 Å². The summed E-state index contributed by atoms with van der Waals surface area (Å²) in [5, 5.41) is 3.50. The summed E-state index contributed by atoms with van der Waals surface area (Å²) in [6.07, 6.45) is 2.78. The van der Waals surface area contributed by atoms with Crippen molar-refractivity contribution < 1.29 is 0 Å². The minimum absolute atomic E-state index is 0.220. The molecule has 6 heteroatoms. The number of thiophene rings is 1. The van der Waals surface area contributed by atoms with Crippen LogP contribution >= 0.6 is 59.1 Å². The lowest BCUT2D eigenvalue weighted by molar-refractivity contribution is 0.537. The van der Waals surface area contributed by atoms with Gasteiger partial charge in [0.25, 0.3) is 0 Å². The SMILES string of the molecule is CCNC(Cc1ccc(Br)s1)c1ncc(Br)cc1Br. The Hall–Kier alpha value is 0.250. The molecule has 1 N–H and O–H groups in total. The van der Waals surface area contributed by atoms with Crippen LogP contribution in [0.5, 0.6) is 0 Å². The summed E-state index contributed by atoms with van der Waals surface area (Å²) < 4.78 is 3.18. The normalized spacial score (nSPS) is 12.6. The first-order valence-corrected chi connectivity index (χ1v) is 9.08. The van der Waals surface area contributed by atoms with Gasteiger partial charge in [0.15, 0.2) is 0 Å². The van der Waals surface area contributed by atoms with E-state index < -0.39 is 0 Å². The first kappa shape index (κ1) is 15.6. The fourth-order valence-corrected chi connectivity index (χ4v) is 4.65. The minimum atomic E-state index is 0.220. The van der Waals surface area contributed by atoms with E-state index in [1.54, 1.807) is 11.3 Å². The Balaban J connectivity index is 2.23. The molecule has 0 radical (unpaired) electrons. The number of nitrogens with one attached hydrogen (secondary N) is 1. The second kappa shape index (κ2) is 7.31. The van der Waals surface area contributed by atoms with Crippen molar-refractivity contribution >= 4 is 59.1 Å². The molecule has 0 fully saturated rings. The van der Waals surface area contributed by atoms with Gasteiger partial charge in [0.1, 0.15) is 0 Å². The zero-order chi connectivity index (χ0) is 13.8. The highest BCUT2D eigenvalue weighted by atomic mass is 79.9. The van der Waals surface area contributed by atoms with Gasteiger partial charge in [0.2, 0.25) is 0 Å². The van der Waals surface area contributed by atoms with E-state index in [2.05, 4.69) is 77.1 Å². The van der Waals surface area contributed by atoms with Gasteiger partial charge in [-0.1, -0.05) is 6.92 Å². The van der Waals surface area contributed by atoms with Crippen molar-refractivity contribution in [3.05, 3.63) is 47.7 Å². The summed E-state index contributed by atoms with van der Waals surface area (Å²) in [6.45, 7) is 3.03. The van der Waals surface area contributed by atoms with Gasteiger partial charge < -0.3 is 5.32 Å². The maximum Gasteiger partial charge on any atom is 0.0719 e. The van der Waals surface area contributed by atoms with Crippen molar-refractivity contribution in [2.75, 3.05) is 6.54 Å². The average molecular weight is 469 g/mol. The number of hydrogen-bond donors (Lipinski definition) is 1. The third-order valence-electron chi connectivity index (χ3n) is 2.65. The molecule has 0 aliphatic heterocycles. The monoisotopic (exact) mass is 466 g/mol. The molecule has 2 aromatic rings. The van der Waals surface area contributed by atoms with Crippen molar-refractivity contribution in [1.29, 1.82) is 0 Å². The lowest BCUT2D eigenvalue weighted by Crippen LogP contribution is -2.24. The van der Waals surface area contributed by atoms with Crippen molar-refractivity contribution in [2.24, 2.45) is 0 Å². The predicted molar refractivity (Wildman–Crippen MR) is 91.8 cm³/mol. The van der Waals surface area contributed by atoms with Crippen LogP contribution in [0.25, 0.3) is 0 Å². The van der Waals surface area contributed by atoms with Crippen LogP contribution in [0, 0.1) is 0 Å². The molecule has 2 aromatic heterocycles. The highest BCUT2D eigenvalue weighted by Crippen LogP contribution is 2.30. The van der Waals surface area contributed by atoms with E-state index in [-0.39, 0.29) is 6.04 Å². The molecular weight excluding hydrogens is 456 g/mol. The lowest BCUT2D eigenvalue weighted by atomic mass is 10.1. The van der Waals surface area contributed by atoms with Crippen LogP contribution in [0.3, 0.4) is 0 Å². The summed E-state index contributed by atoms with van der Waals surface area (Å²) in [5.74, 6) is 0. The highest BCUT2D eigenvalue weighted by Gasteiger charge is 2.17. The number of pyridine rings is 1. The Morgan fingerprint density at radius 2 is 2.11 bits per heavy atom. The van der Waals surface area contributed by atoms with E-state index >= 15 is 0 Å². The molecule has 0 spiro atoms. The molecule has 2 rings (SSSR count). The molecule has 0 saturated heterocycles. The number of aromatic nitrogens is 1. The van der Waals surface area contributed by atoms with E-state index in [9.17, 15) is 0 Å². The smallest absolute Gasteiger partial charge is 0.0719 e. The summed E-state index contributed by atoms with van der Waals surface area (Å²) in [6, 6.07) is 6.51. The summed E-state index contributed by atoms with van der Waals surface area (Å²) >= 11 is 12.3. The molecular formula is C13H13Br3N2S. The summed E-state index contributed by atoms with van der Waals surface area (Å²) in [4.78, 5) is 5.88. The van der Waals surface area contributed by atoms with Gasteiger partial charge in [-0.3, -0.25) is 4.98 Å². The molecule has 19 heavy (non-hydrogen) atoms. The number of rotatable bonds is 5. The zero-order valence-electron chi connectivity index (χ0n) is 10.3. The van der Waals surface area contributed by atoms with Gasteiger partial charge in [-0.25, -0.2) is 0 Å². The van der Waals surface area contributed by atoms with Crippen LogP contribution in [0.2, 0.25) is 0 Å². The molecule has 2 heterocycles. The maximum atomic E-state index is 4.54. The van der Waals surface area contributed by atoms with Crippen LogP contribution in [0.1, 0.15) is 23.5 Å². The van der Waals surface area contributed by atoms with Gasteiger partial charge in [-0.2, -0.15) is 0 Å². The van der Waals surface area contributed by atoms with Crippen LogP contribution in [0.15, 0.2) is 37.1 Å². The fourth-order valence-electron chi connectivity index (χ4n) is 1.86. The predicted octanol–water partition coefficient (Wildman–Crippen LogP) is 5.32. The van der Waals surface area contributed by atoms with E-state index in [0.29, 0.717) is 0 Å². The summed E-state index contributed by atoms with van der Waals surface area (Å²) in [7, 11) is 0. The number of likely N-dealkylation sites (N-methyl/N-ethyl adjacent to an activating group) is 1. The zero-order valence-corrected chi connectivity index (χ0v) is 15.9. The van der Waals surface area contributed by atoms with Gasteiger partial charge >= 0.3 is 0 Å². The molecule has 1 unspecified atom stereocenters. The molecule has 0 bridgehead atoms. The molecule has 0 saturated carbocycles. The first-order valence-electron chi connectivity index (χ1n) is 5.88. The molecule has 102 valence electrons. The largest absolute Gasteiger partial charge is 0.309 e. The van der Waals surface area contributed by atoms with Crippen molar-refractivity contribution in [3.8, 4) is 0 Å². The van der Waals surface area contributed by atoms with Crippen molar-refractivity contribution in [2.45, 2.75) is 19.4 Å². The second-order valence-electron chi connectivity index (χ2n) is 4.04. The Morgan fingerprint density at radius 3 is 2.68 bits per heavy atom. The second-order valence-corrected chi connectivity index (χ2v) is 8.36. The van der Waals surface area contributed by atoms with Crippen LogP contribution in [-0.4, -0.2) is 11.5 Å². The third-order valence-corrected chi connectivity index (χ3v) is 5.37. The quantitative estimate of drug-likeness (QED) is 0.642. The van der Waals surface area contributed by atoms with Crippen molar-refractivity contribution in [3.63, 3.8) is 0 Å². The van der Waals surface area contributed by atoms with E-state index in [0.717, 1.165) is 27.6 Å². The van der Waals surface area contributed by atoms with E-state index in [4.69, 9.17) is 0 Å². The Bertz CT molecular complexity index is 557. The van der Waals surface area contributed by atoms with Gasteiger partial charge in [-0.15, -0.1) is 11.3 Å². The number of hydrogen-bond acceptors (Lipinski definition) is 3. The van der Waals surface area contributed by atoms with Gasteiger partial charge in [0, 0.05) is 26.4 Å². The maximum absolute atomic E-state index is 4.54. The average Bonchev–Trinajstić information content (AvgIpc) is 2.74. The molecule has 1 atom stereocenters. The van der Waals surface area contributed by atoms with E-state index in [1.807, 2.05) is 12.3 Å². The van der Waals surface area contributed by atoms with Gasteiger partial charge in [0.05, 0.1) is 15.5 Å². The fraction of sp³-hybridized carbons (Fsp3) is 0.308. The summed E-state index contributed by atoms with van der Waals surface area (Å²) in [5.41, 5.74) is 1.05. The molecule has 0 aliphatic carbocycles.